The summed E-state index contributed by atoms with van der Waals surface area (Å²) >= 11 is 0. The number of aldehydes is 1. The van der Waals surface area contributed by atoms with E-state index in [0.29, 0.717) is 0 Å². The van der Waals surface area contributed by atoms with Crippen molar-refractivity contribution in [2.45, 2.75) is 93.3 Å². The van der Waals surface area contributed by atoms with Gasteiger partial charge >= 0.3 is 0 Å². The Morgan fingerprint density at radius 2 is 1.82 bits per heavy atom. The first-order valence-corrected chi connectivity index (χ1v) is 15.4. The molecule has 0 amide bonds. The third-order valence-corrected chi connectivity index (χ3v) is 6.63. The molecule has 3 heterocycles. The maximum absolute atomic E-state index is 12.5. The lowest BCUT2D eigenvalue weighted by atomic mass is 10.1. The number of halogens is 2. The van der Waals surface area contributed by atoms with Gasteiger partial charge in [0.15, 0.2) is 11.6 Å². The number of carbonyl (C=O) groups excluding carboxylic acids is 1. The van der Waals surface area contributed by atoms with Gasteiger partial charge in [-0.25, -0.2) is 13.8 Å². The molecule has 2 aliphatic heterocycles. The number of ether oxygens (including phenoxy) is 2. The monoisotopic (exact) mass is 614 g/mol. The van der Waals surface area contributed by atoms with E-state index in [9.17, 15) is 13.6 Å². The highest BCUT2D eigenvalue weighted by Crippen LogP contribution is 2.22. The van der Waals surface area contributed by atoms with E-state index in [2.05, 4.69) is 25.8 Å². The van der Waals surface area contributed by atoms with Crippen molar-refractivity contribution in [1.29, 1.82) is 0 Å². The summed E-state index contributed by atoms with van der Waals surface area (Å²) in [7, 11) is 1.33. The van der Waals surface area contributed by atoms with E-state index in [-0.39, 0.29) is 11.9 Å². The zero-order chi connectivity index (χ0) is 33.1. The summed E-state index contributed by atoms with van der Waals surface area (Å²) in [6.45, 7) is 22.3. The van der Waals surface area contributed by atoms with Crippen LogP contribution >= 0.6 is 0 Å². The van der Waals surface area contributed by atoms with Gasteiger partial charge in [0, 0.05) is 24.6 Å². The Hall–Kier alpha value is -3.43. The summed E-state index contributed by atoms with van der Waals surface area (Å²) in [5, 5.41) is 0. The fourth-order valence-corrected chi connectivity index (χ4v) is 4.31. The van der Waals surface area contributed by atoms with Crippen molar-refractivity contribution >= 4 is 18.6 Å². The minimum absolute atomic E-state index is 0.0569. The quantitative estimate of drug-likeness (QED) is 0.162. The zero-order valence-electron chi connectivity index (χ0n) is 28.0. The van der Waals surface area contributed by atoms with Crippen molar-refractivity contribution in [2.24, 2.45) is 4.99 Å². The van der Waals surface area contributed by atoms with Crippen LogP contribution in [0.1, 0.15) is 84.4 Å². The molecule has 2 aromatic rings. The van der Waals surface area contributed by atoms with Gasteiger partial charge in [0.2, 0.25) is 0 Å². The minimum atomic E-state index is -0.678. The van der Waals surface area contributed by atoms with Crippen molar-refractivity contribution < 1.29 is 23.0 Å². The summed E-state index contributed by atoms with van der Waals surface area (Å²) in [6.07, 6.45) is 11.9. The van der Waals surface area contributed by atoms with Crippen molar-refractivity contribution in [3.63, 3.8) is 0 Å². The summed E-state index contributed by atoms with van der Waals surface area (Å²) in [4.78, 5) is 22.3. The SMILES string of the molecule is C/C(C=O)=C\c1c(C)nc(CN2CCCCC2)n1CC1CCO1.C=C(C)N=CC=C(C)C.CC.COc1ccc(F)cc1F. The number of allylic oxidation sites excluding steroid dienone is 4. The number of methoxy groups -OCH3 is 1. The predicted octanol–water partition coefficient (Wildman–Crippen LogP) is 8.13. The van der Waals surface area contributed by atoms with Crippen molar-refractivity contribution in [3.8, 4) is 5.75 Å². The minimum Gasteiger partial charge on any atom is -0.494 e. The van der Waals surface area contributed by atoms with E-state index in [0.717, 1.165) is 86.1 Å². The van der Waals surface area contributed by atoms with E-state index >= 15 is 0 Å². The highest BCUT2D eigenvalue weighted by atomic mass is 19.1. The number of hydrogen-bond acceptors (Lipinski definition) is 6. The van der Waals surface area contributed by atoms with Gasteiger partial charge in [-0.3, -0.25) is 14.7 Å². The molecule has 1 unspecified atom stereocenters. The molecule has 2 fully saturated rings. The molecular weight excluding hydrogens is 562 g/mol. The van der Waals surface area contributed by atoms with Gasteiger partial charge in [0.25, 0.3) is 0 Å². The number of rotatable bonds is 9. The second kappa shape index (κ2) is 21.3. The summed E-state index contributed by atoms with van der Waals surface area (Å²) in [6, 6.07) is 3.16. The van der Waals surface area contributed by atoms with E-state index in [1.807, 2.05) is 60.6 Å². The second-order valence-electron chi connectivity index (χ2n) is 10.8. The Balaban J connectivity index is 0.000000382. The Morgan fingerprint density at radius 1 is 1.16 bits per heavy atom. The Labute approximate surface area is 263 Å². The maximum atomic E-state index is 12.5. The first-order chi connectivity index (χ1) is 21.0. The van der Waals surface area contributed by atoms with Crippen LogP contribution < -0.4 is 4.74 Å². The first-order valence-electron chi connectivity index (χ1n) is 15.4. The average molecular weight is 615 g/mol. The second-order valence-corrected chi connectivity index (χ2v) is 10.8. The molecule has 4 rings (SSSR count). The van der Waals surface area contributed by atoms with Crippen molar-refractivity contribution in [2.75, 3.05) is 26.8 Å². The highest BCUT2D eigenvalue weighted by molar-refractivity contribution is 5.80. The standard InChI is InChI=1S/C18H27N3O2.C8H13N.C7H6F2O.C2H6/c1-14(13-22)10-17-15(2)19-18(12-20-7-4-3-5-8-20)21(17)11-16-6-9-23-16;1-7(2)5-6-9-8(3)4;1-10-7-3-2-5(8)4-6(7)9;1-2/h10,13,16H,3-9,11-12H2,1-2H3;5-6H,3H2,1-2,4H3;2-4H,1H3;1-2H3/b14-10+;;;. The number of nitrogens with zero attached hydrogens (tertiary/aromatic N) is 4. The van der Waals surface area contributed by atoms with Crippen LogP contribution in [0.2, 0.25) is 0 Å². The van der Waals surface area contributed by atoms with E-state index < -0.39 is 11.6 Å². The van der Waals surface area contributed by atoms with Gasteiger partial charge in [-0.1, -0.05) is 32.4 Å². The van der Waals surface area contributed by atoms with Crippen LogP contribution in [0.25, 0.3) is 6.08 Å². The summed E-state index contributed by atoms with van der Waals surface area (Å²) < 4.78 is 37.1. The number of hydrogen-bond donors (Lipinski definition) is 0. The lowest BCUT2D eigenvalue weighted by Crippen LogP contribution is -2.34. The Kier molecular flexibility index (Phi) is 18.7. The van der Waals surface area contributed by atoms with Crippen molar-refractivity contribution in [1.82, 2.24) is 14.5 Å². The largest absolute Gasteiger partial charge is 0.494 e. The fraction of sp³-hybridized carbons (Fsp3) is 0.514. The molecule has 0 N–H and O–H groups in total. The van der Waals surface area contributed by atoms with Gasteiger partial charge in [-0.2, -0.15) is 0 Å². The van der Waals surface area contributed by atoms with Gasteiger partial charge in [0.1, 0.15) is 17.9 Å². The van der Waals surface area contributed by atoms with Gasteiger partial charge < -0.3 is 14.0 Å². The van der Waals surface area contributed by atoms with Crippen LogP contribution in [0.15, 0.2) is 52.7 Å². The summed E-state index contributed by atoms with van der Waals surface area (Å²) in [5.41, 5.74) is 4.87. The van der Waals surface area contributed by atoms with Crippen LogP contribution in [0.3, 0.4) is 0 Å². The number of benzene rings is 1. The predicted molar refractivity (Wildman–Crippen MR) is 177 cm³/mol. The third-order valence-electron chi connectivity index (χ3n) is 6.63. The highest BCUT2D eigenvalue weighted by Gasteiger charge is 2.24. The maximum Gasteiger partial charge on any atom is 0.167 e. The van der Waals surface area contributed by atoms with Crippen LogP contribution in [0, 0.1) is 18.6 Å². The van der Waals surface area contributed by atoms with Gasteiger partial charge in [-0.05, 0) is 96.8 Å². The molecule has 1 atom stereocenters. The molecule has 2 aliphatic rings. The Morgan fingerprint density at radius 3 is 2.32 bits per heavy atom. The molecule has 44 heavy (non-hydrogen) atoms. The molecule has 1 aromatic heterocycles. The first kappa shape index (κ1) is 38.6. The third kappa shape index (κ3) is 14.4. The summed E-state index contributed by atoms with van der Waals surface area (Å²) in [5.74, 6) is -0.118. The van der Waals surface area contributed by atoms with Crippen LogP contribution in [0.4, 0.5) is 8.78 Å². The van der Waals surface area contributed by atoms with Crippen LogP contribution in [-0.2, 0) is 22.6 Å². The molecule has 0 radical (unpaired) electrons. The molecule has 244 valence electrons. The van der Waals surface area contributed by atoms with Crippen LogP contribution in [-0.4, -0.2) is 59.9 Å². The normalized spacial score (nSPS) is 16.2. The molecule has 7 nitrogen and oxygen atoms in total. The van der Waals surface area contributed by atoms with Crippen LogP contribution in [0.5, 0.6) is 5.75 Å². The van der Waals surface area contributed by atoms with E-state index in [1.54, 1.807) is 6.21 Å². The van der Waals surface area contributed by atoms with E-state index in [4.69, 9.17) is 9.72 Å². The molecular formula is C35H52F2N4O3. The smallest absolute Gasteiger partial charge is 0.167 e. The molecule has 1 aromatic carbocycles. The molecule has 0 spiro atoms. The molecule has 0 bridgehead atoms. The lowest BCUT2D eigenvalue weighted by Gasteiger charge is -2.30. The van der Waals surface area contributed by atoms with Crippen molar-refractivity contribution in [3.05, 3.63) is 76.5 Å². The van der Waals surface area contributed by atoms with E-state index in [1.165, 1.54) is 38.0 Å². The van der Waals surface area contributed by atoms with Gasteiger partial charge in [0.05, 0.1) is 37.7 Å². The number of piperidine rings is 1. The van der Waals surface area contributed by atoms with Gasteiger partial charge in [-0.15, -0.1) is 0 Å². The molecule has 9 heteroatoms. The molecule has 0 aliphatic carbocycles. The number of likely N-dealkylation sites (tertiary alicyclic amines) is 1. The number of imidazole rings is 1. The molecule has 0 saturated carbocycles. The number of aryl methyl sites for hydroxylation is 1. The number of aliphatic imine (C=N–C) groups is 1. The number of aromatic nitrogens is 2. The topological polar surface area (TPSA) is 69.0 Å². The average Bonchev–Trinajstić information content (AvgIpc) is 3.25. The fourth-order valence-electron chi connectivity index (χ4n) is 4.31. The number of carbonyl (C=O) groups is 1. The zero-order valence-corrected chi connectivity index (χ0v) is 28.0. The molecule has 2 saturated heterocycles. The Bertz CT molecular complexity index is 1250. The lowest BCUT2D eigenvalue weighted by molar-refractivity contribution is -0.104.